The number of rotatable bonds is 10. The number of halogens is 5. The van der Waals surface area contributed by atoms with Crippen molar-refractivity contribution < 1.29 is 36.6 Å². The van der Waals surface area contributed by atoms with Crippen LogP contribution in [0.3, 0.4) is 0 Å². The summed E-state index contributed by atoms with van der Waals surface area (Å²) in [6.07, 6.45) is -3.28. The summed E-state index contributed by atoms with van der Waals surface area (Å²) in [5.74, 6) is -6.19. The van der Waals surface area contributed by atoms with Crippen LogP contribution in [0, 0.1) is 5.82 Å². The van der Waals surface area contributed by atoms with Crippen LogP contribution in [0.5, 0.6) is 5.75 Å². The van der Waals surface area contributed by atoms with Crippen LogP contribution in [-0.4, -0.2) is 40.7 Å². The lowest BCUT2D eigenvalue weighted by atomic mass is 10.0. The van der Waals surface area contributed by atoms with Gasteiger partial charge < -0.3 is 9.84 Å². The topological polar surface area (TPSA) is 71.5 Å². The molecule has 0 spiro atoms. The number of benzene rings is 1. The van der Waals surface area contributed by atoms with Crippen molar-refractivity contribution in [1.82, 2.24) is 10.3 Å². The van der Waals surface area contributed by atoms with Gasteiger partial charge in [-0.05, 0) is 35.9 Å². The Morgan fingerprint density at radius 3 is 2.43 bits per heavy atom. The van der Waals surface area contributed by atoms with Crippen LogP contribution in [0.4, 0.5) is 22.0 Å². The number of nitrogens with zero attached hydrogens (tertiary/aromatic N) is 1. The second-order valence-electron chi connectivity index (χ2n) is 6.06. The first kappa shape index (κ1) is 21.5. The molecule has 5 nitrogen and oxygen atoms in total. The van der Waals surface area contributed by atoms with E-state index < -0.39 is 49.2 Å². The quantitative estimate of drug-likeness (QED) is 0.593. The fraction of sp³-hybridized carbons (Fsp3) is 0.333. The van der Waals surface area contributed by atoms with Gasteiger partial charge in [0.2, 0.25) is 0 Å². The minimum atomic E-state index is -3.90. The summed E-state index contributed by atoms with van der Waals surface area (Å²) in [6, 6.07) is 4.63. The number of aliphatic carboxylic acids is 1. The molecule has 0 saturated carbocycles. The van der Waals surface area contributed by atoms with Crippen molar-refractivity contribution in [3.63, 3.8) is 0 Å². The molecular weight excluding hydrogens is 387 g/mol. The highest BCUT2D eigenvalue weighted by Crippen LogP contribution is 2.26. The van der Waals surface area contributed by atoms with Crippen LogP contribution in [0.1, 0.15) is 12.0 Å². The Bertz CT molecular complexity index is 773. The molecule has 2 N–H and O–H groups in total. The average molecular weight is 404 g/mol. The van der Waals surface area contributed by atoms with Gasteiger partial charge in [-0.1, -0.05) is 6.07 Å². The first-order valence-corrected chi connectivity index (χ1v) is 8.12. The summed E-state index contributed by atoms with van der Waals surface area (Å²) in [5.41, 5.74) is 0.182. The summed E-state index contributed by atoms with van der Waals surface area (Å²) in [5, 5.41) is 11.0. The molecule has 1 unspecified atom stereocenters. The first-order chi connectivity index (χ1) is 13.1. The molecule has 0 amide bonds. The highest BCUT2D eigenvalue weighted by molar-refractivity contribution is 5.73. The molecule has 2 rings (SSSR count). The van der Waals surface area contributed by atoms with E-state index in [9.17, 15) is 26.7 Å². The van der Waals surface area contributed by atoms with Gasteiger partial charge in [0.25, 0.3) is 5.92 Å². The van der Waals surface area contributed by atoms with Gasteiger partial charge in [-0.15, -0.1) is 0 Å². The minimum absolute atomic E-state index is 0.182. The maximum atomic E-state index is 14.1. The number of pyridine rings is 1. The molecule has 1 aromatic heterocycles. The van der Waals surface area contributed by atoms with E-state index in [1.54, 1.807) is 0 Å². The lowest BCUT2D eigenvalue weighted by Crippen LogP contribution is -2.48. The number of alkyl halides is 4. The van der Waals surface area contributed by atoms with E-state index >= 15 is 0 Å². The van der Waals surface area contributed by atoms with Crippen LogP contribution >= 0.6 is 0 Å². The number of hydrogen-bond acceptors (Lipinski definition) is 4. The van der Waals surface area contributed by atoms with Gasteiger partial charge >= 0.3 is 12.1 Å². The van der Waals surface area contributed by atoms with Gasteiger partial charge in [0.1, 0.15) is 24.2 Å². The Balaban J connectivity index is 1.95. The number of nitrogens with one attached hydrogen (secondary N) is 1. The molecule has 1 heterocycles. The third-order valence-electron chi connectivity index (χ3n) is 3.62. The molecular formula is C18H17F5N2O3. The highest BCUT2D eigenvalue weighted by Gasteiger charge is 2.39. The van der Waals surface area contributed by atoms with Crippen LogP contribution in [0.15, 0.2) is 48.8 Å². The van der Waals surface area contributed by atoms with Crippen molar-refractivity contribution in [2.24, 2.45) is 0 Å². The molecule has 0 bridgehead atoms. The Kier molecular flexibility index (Phi) is 6.90. The molecule has 1 aromatic carbocycles. The fourth-order valence-electron chi connectivity index (χ4n) is 2.37. The van der Waals surface area contributed by atoms with Crippen molar-refractivity contribution in [3.05, 3.63) is 60.2 Å². The molecule has 0 aliphatic heterocycles. The van der Waals surface area contributed by atoms with Crippen molar-refractivity contribution in [2.75, 3.05) is 6.54 Å². The lowest BCUT2D eigenvalue weighted by Gasteiger charge is -2.24. The third kappa shape index (κ3) is 7.10. The van der Waals surface area contributed by atoms with Gasteiger partial charge in [0.15, 0.2) is 0 Å². The zero-order chi connectivity index (χ0) is 20.8. The van der Waals surface area contributed by atoms with Gasteiger partial charge in [-0.3, -0.25) is 15.1 Å². The Labute approximate surface area is 157 Å². The number of hydrogen-bond donors (Lipinski definition) is 2. The maximum absolute atomic E-state index is 14.1. The van der Waals surface area contributed by atoms with E-state index in [2.05, 4.69) is 9.72 Å². The fourth-order valence-corrected chi connectivity index (χ4v) is 2.37. The van der Waals surface area contributed by atoms with Gasteiger partial charge in [-0.25, -0.2) is 13.2 Å². The van der Waals surface area contributed by atoms with E-state index in [0.717, 1.165) is 24.3 Å². The number of ether oxygens (including phenoxy) is 1. The van der Waals surface area contributed by atoms with Crippen LogP contribution in [0.2, 0.25) is 0 Å². The predicted molar refractivity (Wildman–Crippen MR) is 88.9 cm³/mol. The standard InChI is InChI=1S/C18H17F5N2O3/c19-13-3-5-14(6-4-13)28-18(22,23)11-25-15(16(26)27)9-17(20,21)8-12-2-1-7-24-10-12/h1-7,10,15,25H,8-9,11H2,(H,26,27). The molecule has 0 radical (unpaired) electrons. The molecule has 152 valence electrons. The van der Waals surface area contributed by atoms with Crippen LogP contribution in [0.25, 0.3) is 0 Å². The Hall–Kier alpha value is -2.75. The summed E-state index contributed by atoms with van der Waals surface area (Å²) in [7, 11) is 0. The van der Waals surface area contributed by atoms with Crippen LogP contribution < -0.4 is 10.1 Å². The summed E-state index contributed by atoms with van der Waals surface area (Å²) < 4.78 is 73.1. The number of carboxylic acid groups (broad SMARTS) is 1. The summed E-state index contributed by atoms with van der Waals surface area (Å²) in [6.45, 7) is -1.33. The van der Waals surface area contributed by atoms with Gasteiger partial charge in [-0.2, -0.15) is 8.78 Å². The second-order valence-corrected chi connectivity index (χ2v) is 6.06. The van der Waals surface area contributed by atoms with E-state index in [-0.39, 0.29) is 11.3 Å². The molecule has 0 aliphatic rings. The second kappa shape index (κ2) is 8.96. The summed E-state index contributed by atoms with van der Waals surface area (Å²) >= 11 is 0. The van der Waals surface area contributed by atoms with Crippen LogP contribution in [-0.2, 0) is 11.2 Å². The first-order valence-electron chi connectivity index (χ1n) is 8.12. The largest absolute Gasteiger partial charge is 0.480 e. The molecule has 2 aromatic rings. The lowest BCUT2D eigenvalue weighted by molar-refractivity contribution is -0.175. The molecule has 0 fully saturated rings. The van der Waals surface area contributed by atoms with Gasteiger partial charge in [0.05, 0.1) is 0 Å². The van der Waals surface area contributed by atoms with Crippen molar-refractivity contribution in [1.29, 1.82) is 0 Å². The van der Waals surface area contributed by atoms with E-state index in [0.29, 0.717) is 0 Å². The SMILES string of the molecule is O=C(O)C(CC(F)(F)Cc1cccnc1)NCC(F)(F)Oc1ccc(F)cc1. The molecule has 28 heavy (non-hydrogen) atoms. The van der Waals surface area contributed by atoms with Crippen molar-refractivity contribution in [2.45, 2.75) is 30.9 Å². The molecule has 0 aliphatic carbocycles. The minimum Gasteiger partial charge on any atom is -0.480 e. The van der Waals surface area contributed by atoms with E-state index in [4.69, 9.17) is 5.11 Å². The number of carbonyl (C=O) groups is 1. The van der Waals surface area contributed by atoms with Crippen molar-refractivity contribution >= 4 is 5.97 Å². The van der Waals surface area contributed by atoms with Gasteiger partial charge in [0, 0.05) is 25.2 Å². The highest BCUT2D eigenvalue weighted by atomic mass is 19.3. The predicted octanol–water partition coefficient (Wildman–Crippen LogP) is 3.50. The van der Waals surface area contributed by atoms with E-state index in [1.807, 2.05) is 5.32 Å². The Morgan fingerprint density at radius 1 is 1.18 bits per heavy atom. The monoisotopic (exact) mass is 404 g/mol. The molecule has 1 atom stereocenters. The van der Waals surface area contributed by atoms with Crippen molar-refractivity contribution in [3.8, 4) is 5.75 Å². The number of carboxylic acids is 1. The number of aromatic nitrogens is 1. The average Bonchev–Trinajstić information content (AvgIpc) is 2.60. The maximum Gasteiger partial charge on any atom is 0.410 e. The van der Waals surface area contributed by atoms with E-state index in [1.165, 1.54) is 24.5 Å². The Morgan fingerprint density at radius 2 is 1.86 bits per heavy atom. The zero-order valence-corrected chi connectivity index (χ0v) is 14.4. The zero-order valence-electron chi connectivity index (χ0n) is 14.4. The normalized spacial score (nSPS) is 13.2. The molecule has 10 heteroatoms. The summed E-state index contributed by atoms with van der Waals surface area (Å²) in [4.78, 5) is 14.9. The molecule has 0 saturated heterocycles. The third-order valence-corrected chi connectivity index (χ3v) is 3.62. The smallest absolute Gasteiger partial charge is 0.410 e.